The molecule has 0 radical (unpaired) electrons. The number of Topliss-reactive ketones (excluding diaryl/α,β-unsaturated/α-hetero) is 1. The summed E-state index contributed by atoms with van der Waals surface area (Å²) in [5.41, 5.74) is 1.32. The van der Waals surface area contributed by atoms with E-state index >= 15 is 0 Å². The number of carbonyl (C=O) groups excluding carboxylic acids is 2. The fourth-order valence-electron chi connectivity index (χ4n) is 4.51. The third kappa shape index (κ3) is 3.19. The number of nitrogens with zero attached hydrogens (tertiary/aromatic N) is 1. The number of aliphatic hydroxyl groups is 1. The number of hydrogen-bond donors (Lipinski definition) is 1. The van der Waals surface area contributed by atoms with E-state index in [1.165, 1.54) is 0 Å². The molecule has 0 spiro atoms. The molecule has 1 amide bonds. The highest BCUT2D eigenvalue weighted by Gasteiger charge is 2.46. The van der Waals surface area contributed by atoms with Crippen molar-refractivity contribution in [2.24, 2.45) is 0 Å². The number of fused-ring (bicyclic) bond motifs is 2. The third-order valence-corrected chi connectivity index (χ3v) is 5.94. The highest BCUT2D eigenvalue weighted by atomic mass is 16.6. The summed E-state index contributed by atoms with van der Waals surface area (Å²) in [5, 5.41) is 13.2. The number of aliphatic hydroxyl groups excluding tert-OH is 1. The van der Waals surface area contributed by atoms with Gasteiger partial charge in [0.2, 0.25) is 0 Å². The Labute approximate surface area is 185 Å². The van der Waals surface area contributed by atoms with Crippen LogP contribution in [0.5, 0.6) is 11.5 Å². The summed E-state index contributed by atoms with van der Waals surface area (Å²) in [6.45, 7) is 3.24. The van der Waals surface area contributed by atoms with Crippen molar-refractivity contribution >= 4 is 28.2 Å². The fourth-order valence-corrected chi connectivity index (χ4v) is 4.51. The Balaban J connectivity index is 1.71. The molecule has 6 nitrogen and oxygen atoms in total. The molecule has 162 valence electrons. The number of ether oxygens (including phenoxy) is 2. The van der Waals surface area contributed by atoms with Crippen LogP contribution in [0.2, 0.25) is 0 Å². The number of amides is 1. The van der Waals surface area contributed by atoms with Crippen LogP contribution >= 0.6 is 0 Å². The molecule has 1 saturated heterocycles. The van der Waals surface area contributed by atoms with Crippen LogP contribution in [-0.2, 0) is 9.59 Å². The minimum atomic E-state index is -0.677. The van der Waals surface area contributed by atoms with Gasteiger partial charge in [-0.1, -0.05) is 49.4 Å². The van der Waals surface area contributed by atoms with Gasteiger partial charge in [-0.2, -0.15) is 0 Å². The lowest BCUT2D eigenvalue weighted by Crippen LogP contribution is -2.30. The maximum atomic E-state index is 13.1. The van der Waals surface area contributed by atoms with Gasteiger partial charge < -0.3 is 19.5 Å². The summed E-state index contributed by atoms with van der Waals surface area (Å²) in [5.74, 6) is -0.390. The first-order valence-electron chi connectivity index (χ1n) is 10.8. The van der Waals surface area contributed by atoms with Crippen molar-refractivity contribution in [3.05, 3.63) is 77.4 Å². The summed E-state index contributed by atoms with van der Waals surface area (Å²) in [6.07, 6.45) is 0.693. The standard InChI is InChI=1S/C26H23NO5/c1-2-12-27-23(19-9-5-7-16-6-3-4-8-18(16)19)22(25(29)26(27)30)24(28)17-10-11-20-21(15-17)32-14-13-31-20/h3-11,15,23,28H,2,12-14H2,1H3/b24-22-. The molecule has 0 bridgehead atoms. The summed E-state index contributed by atoms with van der Waals surface area (Å²) < 4.78 is 11.2. The van der Waals surface area contributed by atoms with Crippen LogP contribution in [0.15, 0.2) is 66.2 Å². The van der Waals surface area contributed by atoms with Crippen LogP contribution in [0.4, 0.5) is 0 Å². The first-order chi connectivity index (χ1) is 15.6. The minimum Gasteiger partial charge on any atom is -0.507 e. The van der Waals surface area contributed by atoms with Crippen molar-refractivity contribution in [3.63, 3.8) is 0 Å². The van der Waals surface area contributed by atoms with E-state index in [-0.39, 0.29) is 11.3 Å². The van der Waals surface area contributed by atoms with E-state index in [0.717, 1.165) is 16.3 Å². The van der Waals surface area contributed by atoms with Gasteiger partial charge in [-0.15, -0.1) is 0 Å². The number of hydrogen-bond acceptors (Lipinski definition) is 5. The van der Waals surface area contributed by atoms with E-state index < -0.39 is 17.7 Å². The molecule has 1 unspecified atom stereocenters. The molecule has 2 aliphatic rings. The van der Waals surface area contributed by atoms with Crippen LogP contribution in [0.25, 0.3) is 16.5 Å². The Morgan fingerprint density at radius 1 is 1.00 bits per heavy atom. The molecular weight excluding hydrogens is 406 g/mol. The highest BCUT2D eigenvalue weighted by molar-refractivity contribution is 6.46. The Morgan fingerprint density at radius 2 is 1.75 bits per heavy atom. The molecule has 2 heterocycles. The number of ketones is 1. The first-order valence-corrected chi connectivity index (χ1v) is 10.8. The fraction of sp³-hybridized carbons (Fsp3) is 0.231. The number of likely N-dealkylation sites (tertiary alicyclic amines) is 1. The van der Waals surface area contributed by atoms with Crippen molar-refractivity contribution in [2.45, 2.75) is 19.4 Å². The predicted octanol–water partition coefficient (Wildman–Crippen LogP) is 4.44. The molecular formula is C26H23NO5. The summed E-state index contributed by atoms with van der Waals surface area (Å²) in [7, 11) is 0. The quantitative estimate of drug-likeness (QED) is 0.377. The van der Waals surface area contributed by atoms with E-state index in [9.17, 15) is 14.7 Å². The van der Waals surface area contributed by atoms with Crippen LogP contribution in [-0.4, -0.2) is 41.5 Å². The average Bonchev–Trinajstić information content (AvgIpc) is 3.08. The van der Waals surface area contributed by atoms with Gasteiger partial charge in [0.1, 0.15) is 19.0 Å². The van der Waals surface area contributed by atoms with Crippen LogP contribution in [0.3, 0.4) is 0 Å². The molecule has 6 heteroatoms. The van der Waals surface area contributed by atoms with Crippen LogP contribution in [0.1, 0.15) is 30.5 Å². The zero-order chi connectivity index (χ0) is 22.2. The molecule has 0 saturated carbocycles. The summed E-state index contributed by atoms with van der Waals surface area (Å²) in [6, 6.07) is 18.0. The molecule has 32 heavy (non-hydrogen) atoms. The second kappa shape index (κ2) is 8.04. The Morgan fingerprint density at radius 3 is 2.56 bits per heavy atom. The molecule has 1 atom stereocenters. The van der Waals surface area contributed by atoms with E-state index in [4.69, 9.17) is 9.47 Å². The van der Waals surface area contributed by atoms with Gasteiger partial charge in [-0.25, -0.2) is 0 Å². The molecule has 1 fully saturated rings. The van der Waals surface area contributed by atoms with E-state index in [1.807, 2.05) is 49.4 Å². The molecule has 5 rings (SSSR count). The lowest BCUT2D eigenvalue weighted by molar-refractivity contribution is -0.139. The van der Waals surface area contributed by atoms with Crippen LogP contribution < -0.4 is 9.47 Å². The SMILES string of the molecule is CCCN1C(=O)C(=O)/C(=C(\O)c2ccc3c(c2)OCCO3)C1c1cccc2ccccc12. The molecule has 2 aliphatic heterocycles. The van der Waals surface area contributed by atoms with Crippen molar-refractivity contribution in [1.29, 1.82) is 0 Å². The first kappa shape index (κ1) is 20.1. The number of rotatable bonds is 4. The molecule has 0 aromatic heterocycles. The summed E-state index contributed by atoms with van der Waals surface area (Å²) >= 11 is 0. The van der Waals surface area contributed by atoms with Gasteiger partial charge in [0, 0.05) is 12.1 Å². The second-order valence-electron chi connectivity index (χ2n) is 7.92. The largest absolute Gasteiger partial charge is 0.507 e. The molecule has 3 aromatic carbocycles. The van der Waals surface area contributed by atoms with E-state index in [1.54, 1.807) is 23.1 Å². The lowest BCUT2D eigenvalue weighted by Gasteiger charge is -2.26. The van der Waals surface area contributed by atoms with Gasteiger partial charge in [-0.05, 0) is 41.0 Å². The Bertz CT molecular complexity index is 1260. The minimum absolute atomic E-state index is 0.0940. The normalized spacial score (nSPS) is 19.5. The number of carbonyl (C=O) groups is 2. The topological polar surface area (TPSA) is 76.1 Å². The predicted molar refractivity (Wildman–Crippen MR) is 121 cm³/mol. The number of benzene rings is 3. The summed E-state index contributed by atoms with van der Waals surface area (Å²) in [4.78, 5) is 27.7. The zero-order valence-electron chi connectivity index (χ0n) is 17.7. The maximum Gasteiger partial charge on any atom is 0.295 e. The highest BCUT2D eigenvalue weighted by Crippen LogP contribution is 2.43. The average molecular weight is 429 g/mol. The van der Waals surface area contributed by atoms with Gasteiger partial charge in [0.05, 0.1) is 11.6 Å². The molecule has 3 aromatic rings. The van der Waals surface area contributed by atoms with Gasteiger partial charge >= 0.3 is 0 Å². The smallest absolute Gasteiger partial charge is 0.295 e. The monoisotopic (exact) mass is 429 g/mol. The van der Waals surface area contributed by atoms with Crippen molar-refractivity contribution in [3.8, 4) is 11.5 Å². The van der Waals surface area contributed by atoms with E-state index in [0.29, 0.717) is 43.2 Å². The van der Waals surface area contributed by atoms with Gasteiger partial charge in [0.25, 0.3) is 11.7 Å². The van der Waals surface area contributed by atoms with Crippen LogP contribution in [0, 0.1) is 0 Å². The van der Waals surface area contributed by atoms with Gasteiger partial charge in [0.15, 0.2) is 11.5 Å². The maximum absolute atomic E-state index is 13.1. The second-order valence-corrected chi connectivity index (χ2v) is 7.92. The van der Waals surface area contributed by atoms with E-state index in [2.05, 4.69) is 0 Å². The van der Waals surface area contributed by atoms with Crippen molar-refractivity contribution in [2.75, 3.05) is 19.8 Å². The van der Waals surface area contributed by atoms with Crippen molar-refractivity contribution in [1.82, 2.24) is 4.90 Å². The zero-order valence-corrected chi connectivity index (χ0v) is 17.7. The lowest BCUT2D eigenvalue weighted by atomic mass is 9.91. The Kier molecular flexibility index (Phi) is 5.05. The van der Waals surface area contributed by atoms with Crippen molar-refractivity contribution < 1.29 is 24.2 Å². The Hall–Kier alpha value is -3.80. The third-order valence-electron chi connectivity index (χ3n) is 5.94. The van der Waals surface area contributed by atoms with Gasteiger partial charge in [-0.3, -0.25) is 9.59 Å². The molecule has 0 aliphatic carbocycles. The molecule has 1 N–H and O–H groups in total.